The fraction of sp³-hybridized carbons (Fsp3) is 0.182. The molecule has 2 rings (SSSR count). The minimum atomic E-state index is -0.0163. The standard InChI is InChI=1S/C11H11ClN2O/c1-13-7-6-11(15)14(13)8-9-4-2-3-5-10(9)12/h2-7H,8H2,1H3. The molecule has 0 aliphatic heterocycles. The Morgan fingerprint density at radius 1 is 1.27 bits per heavy atom. The van der Waals surface area contributed by atoms with Gasteiger partial charge in [-0.2, -0.15) is 0 Å². The average molecular weight is 223 g/mol. The first-order valence-electron chi connectivity index (χ1n) is 4.64. The molecule has 15 heavy (non-hydrogen) atoms. The van der Waals surface area contributed by atoms with E-state index in [0.717, 1.165) is 5.56 Å². The first-order chi connectivity index (χ1) is 7.18. The van der Waals surface area contributed by atoms with Crippen LogP contribution in [0, 0.1) is 0 Å². The van der Waals surface area contributed by atoms with Gasteiger partial charge in [-0.1, -0.05) is 29.8 Å². The predicted octanol–water partition coefficient (Wildman–Crippen LogP) is 1.89. The van der Waals surface area contributed by atoms with Crippen LogP contribution in [0.15, 0.2) is 41.3 Å². The fourth-order valence-electron chi connectivity index (χ4n) is 1.47. The van der Waals surface area contributed by atoms with E-state index >= 15 is 0 Å². The van der Waals surface area contributed by atoms with E-state index in [-0.39, 0.29) is 5.56 Å². The van der Waals surface area contributed by atoms with Gasteiger partial charge in [0.15, 0.2) is 0 Å². The van der Waals surface area contributed by atoms with Crippen molar-refractivity contribution in [2.75, 3.05) is 0 Å². The number of rotatable bonds is 2. The van der Waals surface area contributed by atoms with Crippen LogP contribution >= 0.6 is 11.6 Å². The van der Waals surface area contributed by atoms with Gasteiger partial charge in [0.25, 0.3) is 5.56 Å². The molecule has 0 aliphatic rings. The number of benzene rings is 1. The molecule has 0 radical (unpaired) electrons. The van der Waals surface area contributed by atoms with Gasteiger partial charge in [0.05, 0.1) is 6.54 Å². The topological polar surface area (TPSA) is 26.9 Å². The van der Waals surface area contributed by atoms with Crippen LogP contribution in [-0.2, 0) is 13.6 Å². The summed E-state index contributed by atoms with van der Waals surface area (Å²) in [6.45, 7) is 0.502. The Morgan fingerprint density at radius 2 is 2.00 bits per heavy atom. The summed E-state index contributed by atoms with van der Waals surface area (Å²) >= 11 is 6.02. The lowest BCUT2D eigenvalue weighted by atomic mass is 10.2. The lowest BCUT2D eigenvalue weighted by Gasteiger charge is -2.08. The Hall–Kier alpha value is -1.48. The molecular weight excluding hydrogens is 212 g/mol. The third-order valence-electron chi connectivity index (χ3n) is 2.35. The number of aromatic nitrogens is 2. The third kappa shape index (κ3) is 1.97. The molecule has 0 spiro atoms. The van der Waals surface area contributed by atoms with Gasteiger partial charge >= 0.3 is 0 Å². The second kappa shape index (κ2) is 3.95. The van der Waals surface area contributed by atoms with Crippen molar-refractivity contribution < 1.29 is 0 Å². The highest BCUT2D eigenvalue weighted by atomic mass is 35.5. The molecule has 3 nitrogen and oxygen atoms in total. The average Bonchev–Trinajstić information content (AvgIpc) is 2.53. The van der Waals surface area contributed by atoms with Crippen molar-refractivity contribution in [1.82, 2.24) is 9.36 Å². The lowest BCUT2D eigenvalue weighted by molar-refractivity contribution is 0.535. The maximum absolute atomic E-state index is 11.5. The highest BCUT2D eigenvalue weighted by Crippen LogP contribution is 2.15. The zero-order valence-electron chi connectivity index (χ0n) is 8.35. The van der Waals surface area contributed by atoms with Crippen LogP contribution in [0.4, 0.5) is 0 Å². The highest BCUT2D eigenvalue weighted by Gasteiger charge is 2.03. The van der Waals surface area contributed by atoms with Crippen LogP contribution in [-0.4, -0.2) is 9.36 Å². The smallest absolute Gasteiger partial charge is 0.266 e. The molecule has 4 heteroatoms. The molecule has 0 atom stereocenters. The molecule has 0 unspecified atom stereocenters. The molecule has 0 saturated heterocycles. The van der Waals surface area contributed by atoms with Gasteiger partial charge in [-0.25, -0.2) is 4.68 Å². The summed E-state index contributed by atoms with van der Waals surface area (Å²) in [6, 6.07) is 9.07. The summed E-state index contributed by atoms with van der Waals surface area (Å²) in [4.78, 5) is 11.5. The van der Waals surface area contributed by atoms with E-state index in [1.807, 2.05) is 31.3 Å². The Bertz CT molecular complexity index is 527. The van der Waals surface area contributed by atoms with Crippen LogP contribution in [0.5, 0.6) is 0 Å². The van der Waals surface area contributed by atoms with Crippen LogP contribution < -0.4 is 5.56 Å². The fourth-order valence-corrected chi connectivity index (χ4v) is 1.67. The zero-order valence-corrected chi connectivity index (χ0v) is 9.11. The molecule has 0 saturated carbocycles. The molecule has 2 aromatic rings. The molecule has 0 amide bonds. The van der Waals surface area contributed by atoms with Gasteiger partial charge in [0.2, 0.25) is 0 Å². The van der Waals surface area contributed by atoms with Crippen LogP contribution in [0.3, 0.4) is 0 Å². The molecule has 1 heterocycles. The van der Waals surface area contributed by atoms with Crippen LogP contribution in [0.1, 0.15) is 5.56 Å². The largest absolute Gasteiger partial charge is 0.293 e. The number of hydrogen-bond donors (Lipinski definition) is 0. The molecular formula is C11H11ClN2O. The second-order valence-corrected chi connectivity index (χ2v) is 3.78. The quantitative estimate of drug-likeness (QED) is 0.763. The van der Waals surface area contributed by atoms with E-state index in [2.05, 4.69) is 0 Å². The van der Waals surface area contributed by atoms with Gasteiger partial charge in [-0.3, -0.25) is 9.48 Å². The Labute approximate surface area is 92.5 Å². The molecule has 0 N–H and O–H groups in total. The lowest BCUT2D eigenvalue weighted by Crippen LogP contribution is -2.21. The van der Waals surface area contributed by atoms with E-state index in [4.69, 9.17) is 11.6 Å². The Morgan fingerprint density at radius 3 is 2.60 bits per heavy atom. The summed E-state index contributed by atoms with van der Waals surface area (Å²) in [7, 11) is 1.83. The van der Waals surface area contributed by atoms with E-state index in [9.17, 15) is 4.79 Å². The first kappa shape index (κ1) is 10.1. The van der Waals surface area contributed by atoms with Crippen LogP contribution in [0.2, 0.25) is 5.02 Å². The van der Waals surface area contributed by atoms with E-state index < -0.39 is 0 Å². The summed E-state index contributed by atoms with van der Waals surface area (Å²) in [5.74, 6) is 0. The molecule has 1 aromatic heterocycles. The normalized spacial score (nSPS) is 10.5. The third-order valence-corrected chi connectivity index (χ3v) is 2.71. The minimum absolute atomic E-state index is 0.0163. The summed E-state index contributed by atoms with van der Waals surface area (Å²) in [5.41, 5.74) is 0.931. The van der Waals surface area contributed by atoms with Crippen molar-refractivity contribution in [3.05, 3.63) is 57.5 Å². The molecule has 0 bridgehead atoms. The zero-order chi connectivity index (χ0) is 10.8. The summed E-state index contributed by atoms with van der Waals surface area (Å²) < 4.78 is 3.38. The summed E-state index contributed by atoms with van der Waals surface area (Å²) in [6.07, 6.45) is 1.74. The molecule has 78 valence electrons. The van der Waals surface area contributed by atoms with E-state index in [1.165, 1.54) is 6.07 Å². The summed E-state index contributed by atoms with van der Waals surface area (Å²) in [5, 5.41) is 0.686. The van der Waals surface area contributed by atoms with Gasteiger partial charge in [0.1, 0.15) is 0 Å². The van der Waals surface area contributed by atoms with E-state index in [1.54, 1.807) is 15.6 Å². The SMILES string of the molecule is Cn1ccc(=O)n1Cc1ccccc1Cl. The molecule has 0 aliphatic carbocycles. The Kier molecular flexibility index (Phi) is 2.64. The number of halogens is 1. The number of hydrogen-bond acceptors (Lipinski definition) is 1. The Balaban J connectivity index is 2.38. The van der Waals surface area contributed by atoms with E-state index in [0.29, 0.717) is 11.6 Å². The van der Waals surface area contributed by atoms with Gasteiger partial charge in [0, 0.05) is 24.3 Å². The molecule has 0 fully saturated rings. The van der Waals surface area contributed by atoms with Crippen LogP contribution in [0.25, 0.3) is 0 Å². The maximum atomic E-state index is 11.5. The van der Waals surface area contributed by atoms with Crippen molar-refractivity contribution in [3.8, 4) is 0 Å². The van der Waals surface area contributed by atoms with Gasteiger partial charge < -0.3 is 0 Å². The maximum Gasteiger partial charge on any atom is 0.266 e. The molecule has 1 aromatic carbocycles. The van der Waals surface area contributed by atoms with Crippen molar-refractivity contribution in [2.45, 2.75) is 6.54 Å². The number of nitrogens with zero attached hydrogens (tertiary/aromatic N) is 2. The van der Waals surface area contributed by atoms with Gasteiger partial charge in [-0.05, 0) is 11.6 Å². The first-order valence-corrected chi connectivity index (χ1v) is 5.02. The van der Waals surface area contributed by atoms with Crippen molar-refractivity contribution >= 4 is 11.6 Å². The van der Waals surface area contributed by atoms with Crippen molar-refractivity contribution in [2.24, 2.45) is 7.05 Å². The minimum Gasteiger partial charge on any atom is -0.293 e. The monoisotopic (exact) mass is 222 g/mol. The highest BCUT2D eigenvalue weighted by molar-refractivity contribution is 6.31. The van der Waals surface area contributed by atoms with Crippen molar-refractivity contribution in [1.29, 1.82) is 0 Å². The number of aryl methyl sites for hydroxylation is 1. The van der Waals surface area contributed by atoms with Crippen molar-refractivity contribution in [3.63, 3.8) is 0 Å². The second-order valence-electron chi connectivity index (χ2n) is 3.38. The predicted molar refractivity (Wildman–Crippen MR) is 60.2 cm³/mol. The van der Waals surface area contributed by atoms with Gasteiger partial charge in [-0.15, -0.1) is 0 Å².